The maximum absolute atomic E-state index is 11.8. The average molecular weight is 482 g/mol. The van der Waals surface area contributed by atoms with Crippen LogP contribution in [0, 0.1) is 0 Å². The monoisotopic (exact) mass is 481 g/mol. The largest absolute Gasteiger partial charge is 0.326 e. The van der Waals surface area contributed by atoms with Crippen LogP contribution in [0.4, 0.5) is 5.82 Å². The molecule has 32 heavy (non-hydrogen) atoms. The number of fused-ring (bicyclic) bond motifs is 1. The Morgan fingerprint density at radius 2 is 2.03 bits per heavy atom. The number of carbonyl (C=O) groups excluding carboxylic acids is 1. The molecule has 0 aliphatic carbocycles. The van der Waals surface area contributed by atoms with E-state index in [0.29, 0.717) is 35.2 Å². The highest BCUT2D eigenvalue weighted by molar-refractivity contribution is 7.18. The van der Waals surface area contributed by atoms with Gasteiger partial charge < -0.3 is 9.88 Å². The van der Waals surface area contributed by atoms with Gasteiger partial charge in [-0.15, -0.1) is 17.9 Å². The van der Waals surface area contributed by atoms with Gasteiger partial charge >= 0.3 is 0 Å². The van der Waals surface area contributed by atoms with Crippen molar-refractivity contribution in [1.82, 2.24) is 19.5 Å². The number of aromatic nitrogens is 4. The van der Waals surface area contributed by atoms with Gasteiger partial charge in [-0.3, -0.25) is 4.79 Å². The van der Waals surface area contributed by atoms with E-state index in [1.165, 1.54) is 11.3 Å². The fraction of sp³-hybridized carbons (Fsp3) is 0.130. The Bertz CT molecular complexity index is 1360. The zero-order valence-electron chi connectivity index (χ0n) is 16.8. The Balaban J connectivity index is 1.72. The van der Waals surface area contributed by atoms with Crippen LogP contribution in [0.5, 0.6) is 0 Å². The first kappa shape index (κ1) is 20.9. The zero-order chi connectivity index (χ0) is 22.2. The van der Waals surface area contributed by atoms with Crippen molar-refractivity contribution in [3.8, 4) is 32.5 Å². The Kier molecular flexibility index (Phi) is 5.55. The number of pyridine rings is 1. The second kappa shape index (κ2) is 8.50. The number of hydrogen-bond donors (Lipinski definition) is 1. The van der Waals surface area contributed by atoms with E-state index in [4.69, 9.17) is 28.2 Å². The second-order valence-electron chi connectivity index (χ2n) is 7.25. The summed E-state index contributed by atoms with van der Waals surface area (Å²) in [6.45, 7) is 4.46. The lowest BCUT2D eigenvalue weighted by molar-refractivity contribution is -0.116. The Hall–Kier alpha value is -3.00. The van der Waals surface area contributed by atoms with Gasteiger partial charge in [-0.25, -0.2) is 15.0 Å². The third kappa shape index (κ3) is 3.72. The van der Waals surface area contributed by atoms with Gasteiger partial charge in [0.1, 0.15) is 10.8 Å². The van der Waals surface area contributed by atoms with Crippen molar-refractivity contribution in [3.63, 3.8) is 0 Å². The quantitative estimate of drug-likeness (QED) is 0.348. The minimum atomic E-state index is -0.0259. The molecule has 1 aliphatic heterocycles. The summed E-state index contributed by atoms with van der Waals surface area (Å²) in [4.78, 5) is 26.6. The first-order chi connectivity index (χ1) is 15.5. The fourth-order valence-corrected chi connectivity index (χ4v) is 5.39. The van der Waals surface area contributed by atoms with Gasteiger partial charge in [-0.2, -0.15) is 0 Å². The number of rotatable bonds is 5. The van der Waals surface area contributed by atoms with E-state index in [-0.39, 0.29) is 5.91 Å². The van der Waals surface area contributed by atoms with Gasteiger partial charge in [0, 0.05) is 53.3 Å². The van der Waals surface area contributed by atoms with Crippen molar-refractivity contribution in [2.75, 3.05) is 5.32 Å². The number of carbonyl (C=O) groups is 1. The predicted octanol–water partition coefficient (Wildman–Crippen LogP) is 6.11. The van der Waals surface area contributed by atoms with Crippen molar-refractivity contribution in [2.45, 2.75) is 19.4 Å². The van der Waals surface area contributed by atoms with Crippen molar-refractivity contribution >= 4 is 46.3 Å². The average Bonchev–Trinajstić information content (AvgIpc) is 3.40. The molecule has 1 aliphatic rings. The van der Waals surface area contributed by atoms with E-state index in [0.717, 1.165) is 38.1 Å². The Morgan fingerprint density at radius 1 is 1.16 bits per heavy atom. The second-order valence-corrected chi connectivity index (χ2v) is 9.09. The highest BCUT2D eigenvalue weighted by Gasteiger charge is 2.25. The van der Waals surface area contributed by atoms with Gasteiger partial charge in [0.05, 0.1) is 15.6 Å². The lowest BCUT2D eigenvalue weighted by Gasteiger charge is -2.17. The molecule has 0 unspecified atom stereocenters. The predicted molar refractivity (Wildman–Crippen MR) is 129 cm³/mol. The third-order valence-corrected chi connectivity index (χ3v) is 6.84. The van der Waals surface area contributed by atoms with Gasteiger partial charge in [0.25, 0.3) is 0 Å². The van der Waals surface area contributed by atoms with Crippen LogP contribution in [0.1, 0.15) is 12.0 Å². The smallest absolute Gasteiger partial charge is 0.225 e. The number of nitrogens with one attached hydrogen (secondary N) is 1. The molecule has 0 saturated carbocycles. The molecule has 0 fully saturated rings. The molecule has 1 amide bonds. The summed E-state index contributed by atoms with van der Waals surface area (Å²) in [5, 5.41) is 4.74. The summed E-state index contributed by atoms with van der Waals surface area (Å²) in [6, 6.07) is 7.31. The molecule has 5 rings (SSSR count). The van der Waals surface area contributed by atoms with Gasteiger partial charge in [-0.05, 0) is 30.7 Å². The molecule has 0 bridgehead atoms. The molecule has 0 saturated heterocycles. The first-order valence-corrected chi connectivity index (χ1v) is 11.5. The van der Waals surface area contributed by atoms with Gasteiger partial charge in [-0.1, -0.05) is 29.3 Å². The molecule has 0 radical (unpaired) electrons. The number of allylic oxidation sites excluding steroid dienone is 1. The molecular formula is C23H17Cl2N5OS. The van der Waals surface area contributed by atoms with Gasteiger partial charge in [0.15, 0.2) is 5.82 Å². The van der Waals surface area contributed by atoms with E-state index < -0.39 is 0 Å². The number of benzene rings is 1. The van der Waals surface area contributed by atoms with Crippen LogP contribution in [0.2, 0.25) is 10.0 Å². The SMILES string of the molecule is C=CCn1ccnc1-c1sc(-c2ccnc3c2CCC(=O)N3)nc1-c1ccc(Cl)cc1Cl. The molecule has 9 heteroatoms. The van der Waals surface area contributed by atoms with Crippen molar-refractivity contribution < 1.29 is 4.79 Å². The van der Waals surface area contributed by atoms with Crippen molar-refractivity contribution in [2.24, 2.45) is 0 Å². The fourth-order valence-electron chi connectivity index (χ4n) is 3.74. The number of nitrogens with zero attached hydrogens (tertiary/aromatic N) is 4. The van der Waals surface area contributed by atoms with E-state index >= 15 is 0 Å². The third-order valence-electron chi connectivity index (χ3n) is 5.20. The van der Waals surface area contributed by atoms with E-state index in [1.807, 2.05) is 29.0 Å². The first-order valence-electron chi connectivity index (χ1n) is 9.92. The van der Waals surface area contributed by atoms with Crippen LogP contribution in [0.3, 0.4) is 0 Å². The number of thiazole rings is 1. The summed E-state index contributed by atoms with van der Waals surface area (Å²) >= 11 is 14.2. The van der Waals surface area contributed by atoms with Crippen molar-refractivity contribution in [3.05, 3.63) is 71.1 Å². The highest BCUT2D eigenvalue weighted by atomic mass is 35.5. The zero-order valence-corrected chi connectivity index (χ0v) is 19.1. The van der Waals surface area contributed by atoms with Crippen LogP contribution >= 0.6 is 34.5 Å². The van der Waals surface area contributed by atoms with Crippen LogP contribution in [0.15, 0.2) is 55.5 Å². The van der Waals surface area contributed by atoms with E-state index in [2.05, 4.69) is 21.9 Å². The van der Waals surface area contributed by atoms with Crippen molar-refractivity contribution in [1.29, 1.82) is 0 Å². The van der Waals surface area contributed by atoms with Crippen LogP contribution in [-0.2, 0) is 17.8 Å². The normalized spacial score (nSPS) is 13.0. The summed E-state index contributed by atoms with van der Waals surface area (Å²) in [5.41, 5.74) is 3.43. The summed E-state index contributed by atoms with van der Waals surface area (Å²) in [7, 11) is 0. The minimum absolute atomic E-state index is 0.0259. The Labute approximate surface area is 198 Å². The lowest BCUT2D eigenvalue weighted by atomic mass is 10.0. The highest BCUT2D eigenvalue weighted by Crippen LogP contribution is 2.44. The van der Waals surface area contributed by atoms with Crippen LogP contribution < -0.4 is 5.32 Å². The van der Waals surface area contributed by atoms with Gasteiger partial charge in [0.2, 0.25) is 5.91 Å². The number of hydrogen-bond acceptors (Lipinski definition) is 5. The molecule has 3 aromatic heterocycles. The maximum Gasteiger partial charge on any atom is 0.225 e. The standard InChI is InChI=1S/C23H17Cl2N5OS/c1-2-10-30-11-9-27-22(30)20-19(16-4-3-13(24)12-17(16)25)29-23(32-20)15-7-8-26-21-14(15)5-6-18(31)28-21/h2-4,7-9,11-12H,1,5-6,10H2,(H,26,28,31). The molecule has 0 spiro atoms. The number of imidazole rings is 1. The lowest BCUT2D eigenvalue weighted by Crippen LogP contribution is -2.20. The maximum atomic E-state index is 11.8. The Morgan fingerprint density at radius 3 is 2.84 bits per heavy atom. The van der Waals surface area contributed by atoms with Crippen LogP contribution in [0.25, 0.3) is 32.5 Å². The molecular weight excluding hydrogens is 465 g/mol. The number of amides is 1. The molecule has 4 aromatic rings. The van der Waals surface area contributed by atoms with E-state index in [9.17, 15) is 4.79 Å². The molecule has 1 N–H and O–H groups in total. The van der Waals surface area contributed by atoms with Crippen LogP contribution in [-0.4, -0.2) is 25.4 Å². The molecule has 4 heterocycles. The summed E-state index contributed by atoms with van der Waals surface area (Å²) in [6.07, 6.45) is 8.21. The summed E-state index contributed by atoms with van der Waals surface area (Å²) < 4.78 is 2.01. The van der Waals surface area contributed by atoms with E-state index in [1.54, 1.807) is 24.5 Å². The topological polar surface area (TPSA) is 72.7 Å². The molecule has 6 nitrogen and oxygen atoms in total. The molecule has 160 valence electrons. The number of halogens is 2. The number of anilines is 1. The molecule has 0 atom stereocenters. The summed E-state index contributed by atoms with van der Waals surface area (Å²) in [5.74, 6) is 1.35. The molecule has 1 aromatic carbocycles. The minimum Gasteiger partial charge on any atom is -0.326 e.